The zero-order valence-corrected chi connectivity index (χ0v) is 13.7. The van der Waals surface area contributed by atoms with E-state index >= 15 is 0 Å². The van der Waals surface area contributed by atoms with Crippen LogP contribution in [0, 0.1) is 11.8 Å². The molecule has 0 bridgehead atoms. The Morgan fingerprint density at radius 1 is 1.37 bits per heavy atom. The highest BCUT2D eigenvalue weighted by molar-refractivity contribution is 4.88. The van der Waals surface area contributed by atoms with Gasteiger partial charge in [-0.25, -0.2) is 0 Å². The number of aliphatic hydroxyl groups is 1. The van der Waals surface area contributed by atoms with Crippen LogP contribution in [0.4, 0.5) is 0 Å². The zero-order valence-electron chi connectivity index (χ0n) is 13.7. The number of piperidine rings is 1. The molecule has 0 radical (unpaired) electrons. The van der Waals surface area contributed by atoms with Crippen LogP contribution < -0.4 is 5.32 Å². The molecule has 0 aliphatic carbocycles. The lowest BCUT2D eigenvalue weighted by Gasteiger charge is -2.41. The molecule has 0 spiro atoms. The van der Waals surface area contributed by atoms with Crippen molar-refractivity contribution in [1.82, 2.24) is 10.2 Å². The van der Waals surface area contributed by atoms with E-state index in [1.165, 1.54) is 6.42 Å². The van der Waals surface area contributed by atoms with Crippen LogP contribution in [0.15, 0.2) is 0 Å². The van der Waals surface area contributed by atoms with Crippen LogP contribution in [0.2, 0.25) is 0 Å². The predicted molar refractivity (Wildman–Crippen MR) is 82.4 cm³/mol. The standard InChI is InChI=1S/C16H34N2O/c1-12(2)7-8-16(5,19)11-17-15-9-14(4)18(6)10-13(15)3/h12-15,17,19H,7-11H2,1-6H3. The molecule has 114 valence electrons. The summed E-state index contributed by atoms with van der Waals surface area (Å²) in [5.41, 5.74) is -0.573. The van der Waals surface area contributed by atoms with Crippen molar-refractivity contribution in [3.8, 4) is 0 Å². The first-order valence-electron chi connectivity index (χ1n) is 7.87. The fourth-order valence-corrected chi connectivity index (χ4v) is 2.86. The smallest absolute Gasteiger partial charge is 0.0743 e. The first kappa shape index (κ1) is 16.9. The second kappa shape index (κ2) is 7.05. The van der Waals surface area contributed by atoms with Crippen LogP contribution >= 0.6 is 0 Å². The zero-order chi connectivity index (χ0) is 14.6. The molecule has 1 saturated heterocycles. The molecule has 1 rings (SSSR count). The summed E-state index contributed by atoms with van der Waals surface area (Å²) in [6.07, 6.45) is 3.15. The minimum absolute atomic E-state index is 0.539. The van der Waals surface area contributed by atoms with Crippen molar-refractivity contribution >= 4 is 0 Å². The number of hydrogen-bond donors (Lipinski definition) is 2. The molecule has 1 fully saturated rings. The van der Waals surface area contributed by atoms with Gasteiger partial charge in [0, 0.05) is 25.2 Å². The molecule has 3 nitrogen and oxygen atoms in total. The fraction of sp³-hybridized carbons (Fsp3) is 1.00. The molecule has 3 heteroatoms. The summed E-state index contributed by atoms with van der Waals surface area (Å²) in [5.74, 6) is 1.32. The van der Waals surface area contributed by atoms with E-state index in [9.17, 15) is 5.11 Å². The molecule has 1 heterocycles. The van der Waals surface area contributed by atoms with E-state index in [2.05, 4.69) is 45.0 Å². The molecule has 0 amide bonds. The third-order valence-corrected chi connectivity index (χ3v) is 4.62. The van der Waals surface area contributed by atoms with Crippen molar-refractivity contribution in [3.63, 3.8) is 0 Å². The Bertz CT molecular complexity index is 265. The quantitative estimate of drug-likeness (QED) is 0.778. The summed E-state index contributed by atoms with van der Waals surface area (Å²) in [7, 11) is 2.20. The minimum atomic E-state index is -0.573. The summed E-state index contributed by atoms with van der Waals surface area (Å²) in [5, 5.41) is 14.0. The van der Waals surface area contributed by atoms with Crippen LogP contribution in [0.1, 0.15) is 53.9 Å². The normalized spacial score (nSPS) is 32.5. The largest absolute Gasteiger partial charge is 0.389 e. The number of likely N-dealkylation sites (tertiary alicyclic amines) is 1. The van der Waals surface area contributed by atoms with E-state index in [-0.39, 0.29) is 0 Å². The van der Waals surface area contributed by atoms with Gasteiger partial charge in [0.05, 0.1) is 5.60 Å². The third-order valence-electron chi connectivity index (χ3n) is 4.62. The summed E-state index contributed by atoms with van der Waals surface area (Å²) in [4.78, 5) is 2.43. The molecule has 0 saturated carbocycles. The fourth-order valence-electron chi connectivity index (χ4n) is 2.86. The van der Waals surface area contributed by atoms with Gasteiger partial charge >= 0.3 is 0 Å². The van der Waals surface area contributed by atoms with E-state index in [1.807, 2.05) is 6.92 Å². The number of rotatable bonds is 6. The van der Waals surface area contributed by atoms with Gasteiger partial charge in [0.1, 0.15) is 0 Å². The second-order valence-electron chi connectivity index (χ2n) is 7.42. The Kier molecular flexibility index (Phi) is 6.28. The van der Waals surface area contributed by atoms with Gasteiger partial charge in [0.15, 0.2) is 0 Å². The molecule has 19 heavy (non-hydrogen) atoms. The number of hydrogen-bond acceptors (Lipinski definition) is 3. The molecule has 0 aromatic heterocycles. The highest BCUT2D eigenvalue weighted by Gasteiger charge is 2.30. The highest BCUT2D eigenvalue weighted by atomic mass is 16.3. The van der Waals surface area contributed by atoms with Crippen molar-refractivity contribution in [3.05, 3.63) is 0 Å². The molecule has 2 N–H and O–H groups in total. The Morgan fingerprint density at radius 2 is 2.00 bits per heavy atom. The second-order valence-corrected chi connectivity index (χ2v) is 7.42. The first-order valence-corrected chi connectivity index (χ1v) is 7.87. The average molecular weight is 270 g/mol. The summed E-state index contributed by atoms with van der Waals surface area (Å²) < 4.78 is 0. The lowest BCUT2D eigenvalue weighted by atomic mass is 9.88. The number of nitrogens with one attached hydrogen (secondary N) is 1. The molecular formula is C16H34N2O. The SMILES string of the molecule is CC(C)CCC(C)(O)CNC1CC(C)N(C)CC1C. The maximum atomic E-state index is 10.4. The third kappa shape index (κ3) is 5.80. The van der Waals surface area contributed by atoms with Crippen LogP contribution in [0.25, 0.3) is 0 Å². The Labute approximate surface area is 119 Å². The first-order chi connectivity index (χ1) is 8.71. The maximum absolute atomic E-state index is 10.4. The van der Waals surface area contributed by atoms with Gasteiger partial charge < -0.3 is 15.3 Å². The van der Waals surface area contributed by atoms with Crippen LogP contribution in [-0.4, -0.2) is 47.8 Å². The molecule has 1 aliphatic heterocycles. The summed E-state index contributed by atoms with van der Waals surface area (Å²) >= 11 is 0. The predicted octanol–water partition coefficient (Wildman–Crippen LogP) is 2.49. The Morgan fingerprint density at radius 3 is 2.58 bits per heavy atom. The van der Waals surface area contributed by atoms with E-state index in [0.717, 1.165) is 19.4 Å². The van der Waals surface area contributed by atoms with Crippen LogP contribution in [0.5, 0.6) is 0 Å². The minimum Gasteiger partial charge on any atom is -0.389 e. The van der Waals surface area contributed by atoms with Crippen molar-refractivity contribution in [2.45, 2.75) is 71.6 Å². The lowest BCUT2D eigenvalue weighted by molar-refractivity contribution is 0.0329. The van der Waals surface area contributed by atoms with Crippen LogP contribution in [0.3, 0.4) is 0 Å². The van der Waals surface area contributed by atoms with Gasteiger partial charge in [0.2, 0.25) is 0 Å². The number of nitrogens with zero attached hydrogens (tertiary/aromatic N) is 1. The van der Waals surface area contributed by atoms with Crippen LogP contribution in [-0.2, 0) is 0 Å². The van der Waals surface area contributed by atoms with Crippen molar-refractivity contribution in [2.75, 3.05) is 20.1 Å². The van der Waals surface area contributed by atoms with Gasteiger partial charge in [-0.3, -0.25) is 0 Å². The van der Waals surface area contributed by atoms with Gasteiger partial charge in [-0.05, 0) is 52.0 Å². The summed E-state index contributed by atoms with van der Waals surface area (Å²) in [6.45, 7) is 12.8. The monoisotopic (exact) mass is 270 g/mol. The average Bonchev–Trinajstić information content (AvgIpc) is 2.30. The highest BCUT2D eigenvalue weighted by Crippen LogP contribution is 2.22. The van der Waals surface area contributed by atoms with Gasteiger partial charge in [-0.2, -0.15) is 0 Å². The van der Waals surface area contributed by atoms with Crippen molar-refractivity contribution in [1.29, 1.82) is 0 Å². The Hall–Kier alpha value is -0.120. The molecule has 0 aromatic rings. The van der Waals surface area contributed by atoms with E-state index in [4.69, 9.17) is 0 Å². The summed E-state index contributed by atoms with van der Waals surface area (Å²) in [6, 6.07) is 1.17. The molecule has 0 aromatic carbocycles. The Balaban J connectivity index is 2.38. The topological polar surface area (TPSA) is 35.5 Å². The van der Waals surface area contributed by atoms with Crippen molar-refractivity contribution in [2.24, 2.45) is 11.8 Å². The maximum Gasteiger partial charge on any atom is 0.0743 e. The van der Waals surface area contributed by atoms with Gasteiger partial charge in [-0.15, -0.1) is 0 Å². The molecule has 4 atom stereocenters. The molecular weight excluding hydrogens is 236 g/mol. The van der Waals surface area contributed by atoms with E-state index in [0.29, 0.717) is 30.5 Å². The van der Waals surface area contributed by atoms with E-state index in [1.54, 1.807) is 0 Å². The lowest BCUT2D eigenvalue weighted by Crippen LogP contribution is -2.53. The van der Waals surface area contributed by atoms with Crippen molar-refractivity contribution < 1.29 is 5.11 Å². The van der Waals surface area contributed by atoms with E-state index < -0.39 is 5.60 Å². The van der Waals surface area contributed by atoms with Gasteiger partial charge in [0.25, 0.3) is 0 Å². The molecule has 4 unspecified atom stereocenters. The van der Waals surface area contributed by atoms with Gasteiger partial charge in [-0.1, -0.05) is 20.8 Å². The molecule has 1 aliphatic rings.